The molecule has 12 heteroatoms. The summed E-state index contributed by atoms with van der Waals surface area (Å²) in [6, 6.07) is 7.10. The van der Waals surface area contributed by atoms with E-state index in [4.69, 9.17) is 14.7 Å². The molecule has 1 fully saturated rings. The summed E-state index contributed by atoms with van der Waals surface area (Å²) >= 11 is 0. The molecule has 1 atom stereocenters. The van der Waals surface area contributed by atoms with Gasteiger partial charge in [0.15, 0.2) is 17.3 Å². The third-order valence-corrected chi connectivity index (χ3v) is 7.73. The van der Waals surface area contributed by atoms with E-state index in [-0.39, 0.29) is 36.0 Å². The van der Waals surface area contributed by atoms with Gasteiger partial charge in [0.2, 0.25) is 5.96 Å². The fourth-order valence-corrected chi connectivity index (χ4v) is 5.42. The fourth-order valence-electron chi connectivity index (χ4n) is 5.42. The van der Waals surface area contributed by atoms with E-state index in [1.807, 2.05) is 16.4 Å². The number of carbonyl (C=O) groups is 2. The topological polar surface area (TPSA) is 96.2 Å². The van der Waals surface area contributed by atoms with Gasteiger partial charge in [-0.3, -0.25) is 24.4 Å². The molecule has 3 aliphatic rings. The lowest BCUT2D eigenvalue weighted by molar-refractivity contribution is 0.0299. The highest BCUT2D eigenvalue weighted by atomic mass is 19.2. The lowest BCUT2D eigenvalue weighted by atomic mass is 10.1. The van der Waals surface area contributed by atoms with E-state index >= 15 is 0 Å². The minimum absolute atomic E-state index is 0.0278. The van der Waals surface area contributed by atoms with Crippen LogP contribution in [-0.2, 0) is 11.3 Å². The molecule has 2 amide bonds. The summed E-state index contributed by atoms with van der Waals surface area (Å²) < 4.78 is 35.1. The maximum absolute atomic E-state index is 14.2. The molecule has 6 rings (SSSR count). The molecule has 3 aliphatic heterocycles. The van der Waals surface area contributed by atoms with Crippen LogP contribution in [0.25, 0.3) is 11.4 Å². The monoisotopic (exact) mass is 563 g/mol. The molecule has 0 aliphatic carbocycles. The molecule has 0 unspecified atom stereocenters. The molecule has 1 aromatic carbocycles. The molecule has 0 N–H and O–H groups in total. The van der Waals surface area contributed by atoms with E-state index in [9.17, 15) is 18.4 Å². The lowest BCUT2D eigenvalue weighted by Gasteiger charge is -2.33. The quantitative estimate of drug-likeness (QED) is 0.456. The predicted molar refractivity (Wildman–Crippen MR) is 148 cm³/mol. The number of hydrogen-bond acceptors (Lipinski definition) is 7. The van der Waals surface area contributed by atoms with Crippen molar-refractivity contribution < 1.29 is 23.1 Å². The maximum atomic E-state index is 14.2. The molecule has 0 saturated carbocycles. The average molecular weight is 564 g/mol. The molecule has 1 saturated heterocycles. The van der Waals surface area contributed by atoms with Gasteiger partial charge in [-0.2, -0.15) is 0 Å². The van der Waals surface area contributed by atoms with Crippen molar-refractivity contribution in [3.63, 3.8) is 0 Å². The minimum Gasteiger partial charge on any atom is -0.378 e. The Hall–Kier alpha value is -4.19. The van der Waals surface area contributed by atoms with E-state index in [0.29, 0.717) is 73.8 Å². The van der Waals surface area contributed by atoms with E-state index in [1.165, 1.54) is 6.07 Å². The standard InChI is InChI=1S/C29H31F2N7O3/c1-4-36-28(40)24-26(38-16-23(17(2)3)33-29(36)38)37(15-18-5-7-20(30)21(31)13-18)25(34-24)19-6-8-22(32-14-19)27(39)35-9-11-41-12-10-35/h5-8,13-14,17,23H,4,9-12,15-16H2,1-3H3/t23-/m0/s1. The number of pyridine rings is 1. The second kappa shape index (κ2) is 10.7. The van der Waals surface area contributed by atoms with Gasteiger partial charge in [0, 0.05) is 31.4 Å². The Labute approximate surface area is 236 Å². The molecule has 0 radical (unpaired) electrons. The van der Waals surface area contributed by atoms with E-state index < -0.39 is 11.6 Å². The zero-order chi connectivity index (χ0) is 28.8. The number of fused-ring (bicyclic) bond motifs is 3. The number of morpholine rings is 1. The van der Waals surface area contributed by atoms with Crippen molar-refractivity contribution in [1.82, 2.24) is 24.3 Å². The second-order valence-corrected chi connectivity index (χ2v) is 10.7. The first-order valence-electron chi connectivity index (χ1n) is 13.8. The zero-order valence-corrected chi connectivity index (χ0v) is 23.2. The summed E-state index contributed by atoms with van der Waals surface area (Å²) in [6.07, 6.45) is 1.56. The van der Waals surface area contributed by atoms with Crippen LogP contribution >= 0.6 is 0 Å². The highest BCUT2D eigenvalue weighted by molar-refractivity contribution is 6.18. The van der Waals surface area contributed by atoms with Gasteiger partial charge >= 0.3 is 0 Å². The van der Waals surface area contributed by atoms with Crippen molar-refractivity contribution in [2.75, 3.05) is 44.3 Å². The van der Waals surface area contributed by atoms with Crippen molar-refractivity contribution in [3.8, 4) is 11.4 Å². The highest BCUT2D eigenvalue weighted by Crippen LogP contribution is 2.37. The second-order valence-electron chi connectivity index (χ2n) is 10.7. The molecule has 0 spiro atoms. The smallest absolute Gasteiger partial charge is 0.283 e. The summed E-state index contributed by atoms with van der Waals surface area (Å²) in [7, 11) is 0. The van der Waals surface area contributed by atoms with Crippen LogP contribution in [-0.4, -0.2) is 87.5 Å². The van der Waals surface area contributed by atoms with Gasteiger partial charge in [-0.15, -0.1) is 0 Å². The van der Waals surface area contributed by atoms with Gasteiger partial charge in [-0.1, -0.05) is 19.9 Å². The summed E-state index contributed by atoms with van der Waals surface area (Å²) in [5.74, 6) is -0.573. The van der Waals surface area contributed by atoms with Crippen molar-refractivity contribution in [2.45, 2.75) is 33.4 Å². The third-order valence-electron chi connectivity index (χ3n) is 7.73. The number of hydrogen-bond donors (Lipinski definition) is 0. The molecule has 214 valence electrons. The van der Waals surface area contributed by atoms with Gasteiger partial charge in [0.05, 0.1) is 32.3 Å². The highest BCUT2D eigenvalue weighted by Gasteiger charge is 2.44. The van der Waals surface area contributed by atoms with Crippen LogP contribution in [0.15, 0.2) is 41.5 Å². The van der Waals surface area contributed by atoms with E-state index in [2.05, 4.69) is 18.8 Å². The number of benzene rings is 1. The van der Waals surface area contributed by atoms with Crippen LogP contribution in [0.2, 0.25) is 0 Å². The van der Waals surface area contributed by atoms with Gasteiger partial charge in [0.1, 0.15) is 17.3 Å². The van der Waals surface area contributed by atoms with Crippen molar-refractivity contribution in [1.29, 1.82) is 0 Å². The number of anilines is 1. The Kier molecular flexibility index (Phi) is 7.02. The van der Waals surface area contributed by atoms with Crippen LogP contribution < -0.4 is 4.90 Å². The summed E-state index contributed by atoms with van der Waals surface area (Å²) in [4.78, 5) is 46.0. The van der Waals surface area contributed by atoms with Crippen LogP contribution in [0.4, 0.5) is 14.6 Å². The number of aliphatic imine (C=N–C) groups is 1. The first-order valence-corrected chi connectivity index (χ1v) is 13.8. The first-order chi connectivity index (χ1) is 19.8. The Morgan fingerprint density at radius 1 is 1.12 bits per heavy atom. The van der Waals surface area contributed by atoms with Crippen LogP contribution in [0, 0.1) is 17.6 Å². The van der Waals surface area contributed by atoms with Gasteiger partial charge in [-0.05, 0) is 42.7 Å². The third kappa shape index (κ3) is 4.75. The number of rotatable bonds is 6. The van der Waals surface area contributed by atoms with Crippen LogP contribution in [0.1, 0.15) is 47.3 Å². The number of imidazole rings is 1. The van der Waals surface area contributed by atoms with Crippen molar-refractivity contribution in [3.05, 3.63) is 65.1 Å². The average Bonchev–Trinajstić information content (AvgIpc) is 3.58. The minimum atomic E-state index is -0.956. The number of carbonyl (C=O) groups excluding carboxylic acids is 2. The number of amides is 2. The summed E-state index contributed by atoms with van der Waals surface area (Å²) in [6.45, 7) is 9.13. The summed E-state index contributed by atoms with van der Waals surface area (Å²) in [5.41, 5.74) is 1.62. The Morgan fingerprint density at radius 3 is 2.56 bits per heavy atom. The molecule has 2 aromatic heterocycles. The number of aromatic nitrogens is 3. The molecular formula is C29H31F2N7O3. The molecule has 0 bridgehead atoms. The molecule has 41 heavy (non-hydrogen) atoms. The zero-order valence-electron chi connectivity index (χ0n) is 23.2. The van der Waals surface area contributed by atoms with Gasteiger partial charge in [-0.25, -0.2) is 18.8 Å². The van der Waals surface area contributed by atoms with Gasteiger partial charge in [0.25, 0.3) is 11.8 Å². The Balaban J connectivity index is 1.45. The maximum Gasteiger partial charge on any atom is 0.283 e. The van der Waals surface area contributed by atoms with Crippen LogP contribution in [0.3, 0.4) is 0 Å². The van der Waals surface area contributed by atoms with Crippen molar-refractivity contribution in [2.24, 2.45) is 10.9 Å². The Morgan fingerprint density at radius 2 is 1.90 bits per heavy atom. The molecule has 5 heterocycles. The molecular weight excluding hydrogens is 532 g/mol. The predicted octanol–water partition coefficient (Wildman–Crippen LogP) is 3.42. The number of halogens is 2. The Bertz CT molecular complexity index is 1530. The lowest BCUT2D eigenvalue weighted by Crippen LogP contribution is -2.50. The van der Waals surface area contributed by atoms with E-state index in [0.717, 1.165) is 12.1 Å². The number of nitrogens with zero attached hydrogens (tertiary/aromatic N) is 7. The normalized spacial score (nSPS) is 18.6. The van der Waals surface area contributed by atoms with Crippen LogP contribution in [0.5, 0.6) is 0 Å². The number of ether oxygens (including phenoxy) is 1. The van der Waals surface area contributed by atoms with E-state index in [1.54, 1.807) is 28.1 Å². The SMILES string of the molecule is CCN1C(=O)c2nc(-c3ccc(C(=O)N4CCOCC4)nc3)n(Cc3ccc(F)c(F)c3)c2N2C[C@@H](C(C)C)N=C12. The molecule has 3 aromatic rings. The van der Waals surface area contributed by atoms with Gasteiger partial charge < -0.3 is 14.2 Å². The summed E-state index contributed by atoms with van der Waals surface area (Å²) in [5, 5.41) is 0. The first kappa shape index (κ1) is 27.0. The fraction of sp³-hybridized carbons (Fsp3) is 0.414. The largest absolute Gasteiger partial charge is 0.378 e. The molecule has 10 nitrogen and oxygen atoms in total. The van der Waals surface area contributed by atoms with Crippen molar-refractivity contribution >= 4 is 23.6 Å². The number of guanidine groups is 1.